The Morgan fingerprint density at radius 3 is 2.50 bits per heavy atom. The van der Waals surface area contributed by atoms with Crippen LogP contribution in [0.3, 0.4) is 0 Å². The molecule has 1 heterocycles. The highest BCUT2D eigenvalue weighted by molar-refractivity contribution is 7.12. The molecule has 6 heteroatoms. The van der Waals surface area contributed by atoms with Gasteiger partial charge >= 0.3 is 5.97 Å². The van der Waals surface area contributed by atoms with Gasteiger partial charge in [0.2, 0.25) is 0 Å². The molecule has 0 bridgehead atoms. The number of amides is 1. The molecule has 0 aliphatic rings. The number of esters is 1. The first kappa shape index (κ1) is 19.7. The van der Waals surface area contributed by atoms with Gasteiger partial charge in [-0.15, -0.1) is 11.3 Å². The number of rotatable bonds is 6. The van der Waals surface area contributed by atoms with Crippen molar-refractivity contribution in [1.82, 2.24) is 5.32 Å². The molecule has 1 N–H and O–H groups in total. The van der Waals surface area contributed by atoms with Gasteiger partial charge in [-0.25, -0.2) is 4.79 Å². The van der Waals surface area contributed by atoms with E-state index in [2.05, 4.69) is 11.4 Å². The Kier molecular flexibility index (Phi) is 6.17. The van der Waals surface area contributed by atoms with Crippen molar-refractivity contribution in [2.75, 3.05) is 6.61 Å². The van der Waals surface area contributed by atoms with E-state index in [1.165, 1.54) is 11.3 Å². The van der Waals surface area contributed by atoms with Crippen LogP contribution in [0.25, 0.3) is 11.1 Å². The third-order valence-electron chi connectivity index (χ3n) is 4.33. The fraction of sp³-hybridized carbons (Fsp3) is 0.350. The van der Waals surface area contributed by atoms with Crippen LogP contribution >= 0.6 is 11.3 Å². The summed E-state index contributed by atoms with van der Waals surface area (Å²) in [6.07, 6.45) is 0. The molecule has 1 aromatic heterocycles. The van der Waals surface area contributed by atoms with Gasteiger partial charge in [-0.2, -0.15) is 5.26 Å². The molecular formula is C20H22N2O3S. The zero-order chi connectivity index (χ0) is 19.3. The average Bonchev–Trinajstić information content (AvgIpc) is 3.09. The second kappa shape index (κ2) is 8.15. The third-order valence-corrected chi connectivity index (χ3v) is 5.23. The SMILES string of the molecule is Cc1ccc(-c2ccsc2C(=O)OCC(=O)N[C@](C)(C#N)C(C)C)cc1. The summed E-state index contributed by atoms with van der Waals surface area (Å²) in [5, 5.41) is 13.7. The molecule has 0 spiro atoms. The molecule has 0 fully saturated rings. The van der Waals surface area contributed by atoms with Gasteiger partial charge < -0.3 is 10.1 Å². The monoisotopic (exact) mass is 370 g/mol. The second-order valence-electron chi connectivity index (χ2n) is 6.62. The first-order chi connectivity index (χ1) is 12.3. The van der Waals surface area contributed by atoms with Crippen LogP contribution in [-0.2, 0) is 9.53 Å². The highest BCUT2D eigenvalue weighted by Gasteiger charge is 2.30. The average molecular weight is 370 g/mol. The van der Waals surface area contributed by atoms with Crippen LogP contribution < -0.4 is 5.32 Å². The lowest BCUT2D eigenvalue weighted by molar-refractivity contribution is -0.125. The summed E-state index contributed by atoms with van der Waals surface area (Å²) in [5.41, 5.74) is 1.84. The minimum atomic E-state index is -1.00. The maximum absolute atomic E-state index is 12.4. The first-order valence-corrected chi connectivity index (χ1v) is 9.18. The molecule has 136 valence electrons. The quantitative estimate of drug-likeness (QED) is 0.781. The standard InChI is InChI=1S/C20H22N2O3S/c1-13(2)20(4,12-21)22-17(23)11-25-19(24)18-16(9-10-26-18)15-7-5-14(3)6-8-15/h5-10,13H,11H2,1-4H3,(H,22,23)/t20-/m1/s1. The van der Waals surface area contributed by atoms with Gasteiger partial charge in [0, 0.05) is 5.56 Å². The van der Waals surface area contributed by atoms with Gasteiger partial charge in [-0.3, -0.25) is 4.79 Å². The number of nitrogens with zero attached hydrogens (tertiary/aromatic N) is 1. The number of nitriles is 1. The normalized spacial score (nSPS) is 12.9. The minimum Gasteiger partial charge on any atom is -0.451 e. The Morgan fingerprint density at radius 1 is 1.27 bits per heavy atom. The van der Waals surface area contributed by atoms with Crippen molar-refractivity contribution in [2.24, 2.45) is 5.92 Å². The van der Waals surface area contributed by atoms with E-state index in [4.69, 9.17) is 4.74 Å². The zero-order valence-electron chi connectivity index (χ0n) is 15.3. The Balaban J connectivity index is 2.04. The van der Waals surface area contributed by atoms with Crippen molar-refractivity contribution in [2.45, 2.75) is 33.2 Å². The molecule has 1 amide bonds. The summed E-state index contributed by atoms with van der Waals surface area (Å²) in [6.45, 7) is 6.90. The Labute approximate surface area is 157 Å². The van der Waals surface area contributed by atoms with Gasteiger partial charge in [0.15, 0.2) is 6.61 Å². The Morgan fingerprint density at radius 2 is 1.92 bits per heavy atom. The van der Waals surface area contributed by atoms with Crippen molar-refractivity contribution in [3.63, 3.8) is 0 Å². The maximum atomic E-state index is 12.4. The van der Waals surface area contributed by atoms with Crippen LogP contribution in [0.15, 0.2) is 35.7 Å². The number of aryl methyl sites for hydroxylation is 1. The molecule has 2 rings (SSSR count). The minimum absolute atomic E-state index is 0.0717. The predicted molar refractivity (Wildman–Crippen MR) is 102 cm³/mol. The van der Waals surface area contributed by atoms with Crippen LogP contribution in [0.2, 0.25) is 0 Å². The molecule has 0 aliphatic carbocycles. The van der Waals surface area contributed by atoms with Crippen LogP contribution in [-0.4, -0.2) is 24.0 Å². The van der Waals surface area contributed by atoms with E-state index in [-0.39, 0.29) is 5.92 Å². The van der Waals surface area contributed by atoms with Gasteiger partial charge in [0.1, 0.15) is 10.4 Å². The largest absolute Gasteiger partial charge is 0.451 e. The summed E-state index contributed by atoms with van der Waals surface area (Å²) >= 11 is 1.27. The predicted octanol–water partition coefficient (Wildman–Crippen LogP) is 3.93. The molecule has 0 saturated carbocycles. The number of carbonyl (C=O) groups excluding carboxylic acids is 2. The lowest BCUT2D eigenvalue weighted by atomic mass is 9.90. The highest BCUT2D eigenvalue weighted by Crippen LogP contribution is 2.29. The van der Waals surface area contributed by atoms with Crippen LogP contribution in [0.1, 0.15) is 36.0 Å². The number of ether oxygens (including phenoxy) is 1. The van der Waals surface area contributed by atoms with Gasteiger partial charge in [-0.1, -0.05) is 43.7 Å². The Hall–Kier alpha value is -2.65. The molecule has 26 heavy (non-hydrogen) atoms. The number of benzene rings is 1. The van der Waals surface area contributed by atoms with E-state index in [0.717, 1.165) is 16.7 Å². The van der Waals surface area contributed by atoms with Crippen molar-refractivity contribution in [1.29, 1.82) is 5.26 Å². The van der Waals surface area contributed by atoms with Crippen molar-refractivity contribution in [3.05, 3.63) is 46.2 Å². The molecule has 0 saturated heterocycles. The summed E-state index contributed by atoms with van der Waals surface area (Å²) in [4.78, 5) is 24.9. The van der Waals surface area contributed by atoms with Gasteiger partial charge in [-0.05, 0) is 36.8 Å². The van der Waals surface area contributed by atoms with E-state index < -0.39 is 24.0 Å². The lowest BCUT2D eigenvalue weighted by Gasteiger charge is -2.27. The molecule has 5 nitrogen and oxygen atoms in total. The fourth-order valence-electron chi connectivity index (χ4n) is 2.25. The number of thiophene rings is 1. The molecule has 0 unspecified atom stereocenters. The zero-order valence-corrected chi connectivity index (χ0v) is 16.1. The summed E-state index contributed by atoms with van der Waals surface area (Å²) in [7, 11) is 0. The molecular weight excluding hydrogens is 348 g/mol. The van der Waals surface area contributed by atoms with E-state index in [1.54, 1.807) is 6.92 Å². The van der Waals surface area contributed by atoms with Crippen molar-refractivity contribution < 1.29 is 14.3 Å². The highest BCUT2D eigenvalue weighted by atomic mass is 32.1. The number of hydrogen-bond acceptors (Lipinski definition) is 5. The Bertz CT molecular complexity index is 833. The molecule has 0 radical (unpaired) electrons. The van der Waals surface area contributed by atoms with E-state index in [1.807, 2.05) is 56.5 Å². The van der Waals surface area contributed by atoms with Gasteiger partial charge in [0.05, 0.1) is 6.07 Å². The van der Waals surface area contributed by atoms with E-state index >= 15 is 0 Å². The lowest BCUT2D eigenvalue weighted by Crippen LogP contribution is -2.50. The van der Waals surface area contributed by atoms with E-state index in [9.17, 15) is 14.9 Å². The number of nitrogens with one attached hydrogen (secondary N) is 1. The van der Waals surface area contributed by atoms with Crippen molar-refractivity contribution in [3.8, 4) is 17.2 Å². The molecule has 0 aliphatic heterocycles. The number of carbonyl (C=O) groups is 2. The van der Waals surface area contributed by atoms with Crippen LogP contribution in [0.5, 0.6) is 0 Å². The summed E-state index contributed by atoms with van der Waals surface area (Å²) < 4.78 is 5.15. The first-order valence-electron chi connectivity index (χ1n) is 8.30. The molecule has 2 aromatic rings. The summed E-state index contributed by atoms with van der Waals surface area (Å²) in [6, 6.07) is 11.8. The summed E-state index contributed by atoms with van der Waals surface area (Å²) in [5.74, 6) is -1.11. The topological polar surface area (TPSA) is 79.2 Å². The van der Waals surface area contributed by atoms with E-state index in [0.29, 0.717) is 4.88 Å². The van der Waals surface area contributed by atoms with Crippen LogP contribution in [0, 0.1) is 24.2 Å². The second-order valence-corrected chi connectivity index (χ2v) is 7.54. The molecule has 1 aromatic carbocycles. The maximum Gasteiger partial charge on any atom is 0.349 e. The van der Waals surface area contributed by atoms with Crippen LogP contribution in [0.4, 0.5) is 0 Å². The third kappa shape index (κ3) is 4.50. The fourth-order valence-corrected chi connectivity index (χ4v) is 3.06. The van der Waals surface area contributed by atoms with Crippen molar-refractivity contribution >= 4 is 23.2 Å². The molecule has 1 atom stereocenters. The van der Waals surface area contributed by atoms with Gasteiger partial charge in [0.25, 0.3) is 5.91 Å². The smallest absolute Gasteiger partial charge is 0.349 e. The number of hydrogen-bond donors (Lipinski definition) is 1.